The molecule has 1 aliphatic heterocycles. The summed E-state index contributed by atoms with van der Waals surface area (Å²) in [4.78, 5) is 0. The predicted octanol–water partition coefficient (Wildman–Crippen LogP) is 3.97. The van der Waals surface area contributed by atoms with Crippen LogP contribution in [0.4, 0.5) is 0 Å². The molecule has 0 amide bonds. The first kappa shape index (κ1) is 13.5. The fourth-order valence-corrected chi connectivity index (χ4v) is 3.10. The molecule has 2 aromatic rings. The lowest BCUT2D eigenvalue weighted by molar-refractivity contribution is 0.416. The summed E-state index contributed by atoms with van der Waals surface area (Å²) in [7, 11) is 1.71. The number of halogens is 1. The van der Waals surface area contributed by atoms with Crippen LogP contribution in [-0.4, -0.2) is 13.7 Å². The molecule has 0 radical (unpaired) electrons. The quantitative estimate of drug-likeness (QED) is 0.902. The first-order valence-corrected chi connectivity index (χ1v) is 7.24. The minimum atomic E-state index is 0.783. The molecule has 20 heavy (non-hydrogen) atoms. The predicted molar refractivity (Wildman–Crippen MR) is 83.6 cm³/mol. The second-order valence-corrected chi connectivity index (χ2v) is 5.66. The van der Waals surface area contributed by atoms with Crippen molar-refractivity contribution < 1.29 is 4.74 Å². The summed E-state index contributed by atoms with van der Waals surface area (Å²) >= 11 is 6.30. The molecule has 0 aliphatic carbocycles. The topological polar surface area (TPSA) is 21.3 Å². The minimum Gasteiger partial charge on any atom is -0.496 e. The molecule has 1 N–H and O–H groups in total. The van der Waals surface area contributed by atoms with E-state index in [1.165, 1.54) is 22.3 Å². The van der Waals surface area contributed by atoms with Crippen LogP contribution in [-0.2, 0) is 13.0 Å². The van der Waals surface area contributed by atoms with Gasteiger partial charge in [-0.05, 0) is 60.8 Å². The minimum absolute atomic E-state index is 0.783. The lowest BCUT2D eigenvalue weighted by Crippen LogP contribution is -2.24. The zero-order chi connectivity index (χ0) is 14.1. The molecule has 0 aromatic heterocycles. The Labute approximate surface area is 124 Å². The third-order valence-electron chi connectivity index (χ3n) is 3.82. The van der Waals surface area contributed by atoms with Crippen LogP contribution in [0.25, 0.3) is 11.1 Å². The Bertz CT molecular complexity index is 652. The van der Waals surface area contributed by atoms with Gasteiger partial charge < -0.3 is 10.1 Å². The van der Waals surface area contributed by atoms with Gasteiger partial charge in [-0.2, -0.15) is 0 Å². The maximum Gasteiger partial charge on any atom is 0.126 e. The highest BCUT2D eigenvalue weighted by molar-refractivity contribution is 6.31. The summed E-state index contributed by atoms with van der Waals surface area (Å²) in [5, 5.41) is 4.18. The molecule has 3 rings (SSSR count). The third-order valence-corrected chi connectivity index (χ3v) is 4.04. The lowest BCUT2D eigenvalue weighted by Gasteiger charge is -2.22. The molecule has 104 valence electrons. The second-order valence-electron chi connectivity index (χ2n) is 5.22. The molecule has 1 heterocycles. The van der Waals surface area contributed by atoms with Crippen LogP contribution < -0.4 is 10.1 Å². The largest absolute Gasteiger partial charge is 0.496 e. The van der Waals surface area contributed by atoms with Gasteiger partial charge in [-0.1, -0.05) is 23.2 Å². The van der Waals surface area contributed by atoms with E-state index in [9.17, 15) is 0 Å². The summed E-state index contributed by atoms with van der Waals surface area (Å²) in [6.45, 7) is 3.99. The monoisotopic (exact) mass is 287 g/mol. The molecule has 0 saturated heterocycles. The lowest BCUT2D eigenvalue weighted by atomic mass is 9.90. The van der Waals surface area contributed by atoms with E-state index in [4.69, 9.17) is 16.3 Å². The van der Waals surface area contributed by atoms with Gasteiger partial charge in [-0.15, -0.1) is 0 Å². The average molecular weight is 288 g/mol. The Hall–Kier alpha value is -1.51. The molecule has 0 unspecified atom stereocenters. The summed E-state index contributed by atoms with van der Waals surface area (Å²) in [6.07, 6.45) is 1.03. The highest BCUT2D eigenvalue weighted by Crippen LogP contribution is 2.37. The van der Waals surface area contributed by atoms with Crippen molar-refractivity contribution in [1.29, 1.82) is 0 Å². The van der Waals surface area contributed by atoms with Gasteiger partial charge in [0.15, 0.2) is 0 Å². The highest BCUT2D eigenvalue weighted by atomic mass is 35.5. The first-order chi connectivity index (χ1) is 9.69. The van der Waals surface area contributed by atoms with Crippen LogP contribution in [0.5, 0.6) is 5.75 Å². The van der Waals surface area contributed by atoms with Crippen molar-refractivity contribution in [2.75, 3.05) is 13.7 Å². The molecule has 2 aromatic carbocycles. The number of ether oxygens (including phenoxy) is 1. The summed E-state index contributed by atoms with van der Waals surface area (Å²) in [6, 6.07) is 10.4. The van der Waals surface area contributed by atoms with Crippen molar-refractivity contribution in [2.24, 2.45) is 0 Å². The third kappa shape index (κ3) is 2.41. The second kappa shape index (κ2) is 5.47. The van der Waals surface area contributed by atoms with Crippen molar-refractivity contribution in [3.05, 3.63) is 52.0 Å². The van der Waals surface area contributed by atoms with Crippen molar-refractivity contribution in [3.8, 4) is 16.9 Å². The number of nitrogens with one attached hydrogen (secondary N) is 1. The van der Waals surface area contributed by atoms with Gasteiger partial charge in [0.25, 0.3) is 0 Å². The summed E-state index contributed by atoms with van der Waals surface area (Å²) in [5.74, 6) is 0.901. The van der Waals surface area contributed by atoms with Crippen LogP contribution in [0, 0.1) is 6.92 Å². The molecule has 1 aliphatic rings. The number of rotatable bonds is 2. The molecule has 0 bridgehead atoms. The fraction of sp³-hybridized carbons (Fsp3) is 0.294. The fourth-order valence-electron chi connectivity index (χ4n) is 2.86. The molecule has 0 fully saturated rings. The zero-order valence-corrected chi connectivity index (χ0v) is 12.6. The van der Waals surface area contributed by atoms with E-state index in [0.29, 0.717) is 0 Å². The van der Waals surface area contributed by atoms with Gasteiger partial charge >= 0.3 is 0 Å². The van der Waals surface area contributed by atoms with Crippen molar-refractivity contribution >= 4 is 11.6 Å². The van der Waals surface area contributed by atoms with E-state index in [1.807, 2.05) is 6.07 Å². The smallest absolute Gasteiger partial charge is 0.126 e. The van der Waals surface area contributed by atoms with Crippen LogP contribution >= 0.6 is 11.6 Å². The molecule has 0 spiro atoms. The standard InChI is InChI=1S/C17H18ClNO/c1-11-3-4-17(20-2)16(7-11)15-9-13(18)8-12-10-19-6-5-14(12)15/h3-4,7-9,19H,5-6,10H2,1-2H3. The van der Waals surface area contributed by atoms with E-state index in [2.05, 4.69) is 36.5 Å². The Balaban J connectivity index is 2.24. The van der Waals surface area contributed by atoms with E-state index in [-0.39, 0.29) is 0 Å². The maximum atomic E-state index is 6.30. The van der Waals surface area contributed by atoms with E-state index in [0.717, 1.165) is 35.8 Å². The van der Waals surface area contributed by atoms with E-state index >= 15 is 0 Å². The molecule has 2 nitrogen and oxygen atoms in total. The van der Waals surface area contributed by atoms with Crippen LogP contribution in [0.3, 0.4) is 0 Å². The number of hydrogen-bond donors (Lipinski definition) is 1. The number of benzene rings is 2. The molecular weight excluding hydrogens is 270 g/mol. The zero-order valence-electron chi connectivity index (χ0n) is 11.8. The van der Waals surface area contributed by atoms with Gasteiger partial charge in [0.2, 0.25) is 0 Å². The first-order valence-electron chi connectivity index (χ1n) is 6.86. The van der Waals surface area contributed by atoms with Gasteiger partial charge in [0.05, 0.1) is 7.11 Å². The molecular formula is C17H18ClNO. The van der Waals surface area contributed by atoms with Gasteiger partial charge in [-0.3, -0.25) is 0 Å². The van der Waals surface area contributed by atoms with Crippen LogP contribution in [0.2, 0.25) is 5.02 Å². The number of fused-ring (bicyclic) bond motifs is 1. The Morgan fingerprint density at radius 2 is 2.00 bits per heavy atom. The van der Waals surface area contributed by atoms with Crippen molar-refractivity contribution in [1.82, 2.24) is 5.32 Å². The SMILES string of the molecule is COc1ccc(C)cc1-c1cc(Cl)cc2c1CCNC2. The van der Waals surface area contributed by atoms with Gasteiger partial charge in [0.1, 0.15) is 5.75 Å². The number of hydrogen-bond acceptors (Lipinski definition) is 2. The normalized spacial score (nSPS) is 13.9. The van der Waals surface area contributed by atoms with Crippen LogP contribution in [0.1, 0.15) is 16.7 Å². The highest BCUT2D eigenvalue weighted by Gasteiger charge is 2.17. The summed E-state index contributed by atoms with van der Waals surface area (Å²) < 4.78 is 5.53. The van der Waals surface area contributed by atoms with Gasteiger partial charge in [0, 0.05) is 17.1 Å². The van der Waals surface area contributed by atoms with Crippen molar-refractivity contribution in [3.63, 3.8) is 0 Å². The molecule has 0 saturated carbocycles. The Morgan fingerprint density at radius 1 is 1.15 bits per heavy atom. The number of aryl methyl sites for hydroxylation is 1. The molecule has 3 heteroatoms. The van der Waals surface area contributed by atoms with E-state index < -0.39 is 0 Å². The Kier molecular flexibility index (Phi) is 3.68. The van der Waals surface area contributed by atoms with Crippen LogP contribution in [0.15, 0.2) is 30.3 Å². The van der Waals surface area contributed by atoms with Gasteiger partial charge in [-0.25, -0.2) is 0 Å². The number of methoxy groups -OCH3 is 1. The molecule has 0 atom stereocenters. The summed E-state index contributed by atoms with van der Waals surface area (Å²) in [5.41, 5.74) is 6.24. The Morgan fingerprint density at radius 3 is 2.80 bits per heavy atom. The maximum absolute atomic E-state index is 6.30. The van der Waals surface area contributed by atoms with Crippen molar-refractivity contribution in [2.45, 2.75) is 19.9 Å². The average Bonchev–Trinajstić information content (AvgIpc) is 2.46. The van der Waals surface area contributed by atoms with E-state index in [1.54, 1.807) is 7.11 Å².